The number of fused-ring (bicyclic) bond motifs is 1. The number of aromatic nitrogens is 2. The Labute approximate surface area is 111 Å². The van der Waals surface area contributed by atoms with Crippen molar-refractivity contribution in [2.45, 2.75) is 0 Å². The zero-order valence-electron chi connectivity index (χ0n) is 9.83. The second kappa shape index (κ2) is 4.47. The number of thiazole rings is 1. The fourth-order valence-electron chi connectivity index (χ4n) is 1.95. The molecule has 2 aromatic rings. The Balaban J connectivity index is 1.99. The van der Waals surface area contributed by atoms with Gasteiger partial charge >= 0.3 is 0 Å². The van der Waals surface area contributed by atoms with E-state index in [1.54, 1.807) is 11.6 Å². The minimum atomic E-state index is -0.451. The van der Waals surface area contributed by atoms with Gasteiger partial charge in [0.05, 0.1) is 6.54 Å². The standard InChI is InChI=1S/C11H10N4O3S/c16-8-6-14(2-1-12-8)9(17)7-5-13-11-15(10(7)18)3-4-19-11/h3-5H,1-2,6H2,(H,12,16). The first-order valence-electron chi connectivity index (χ1n) is 5.67. The minimum absolute atomic E-state index is 0.00870. The van der Waals surface area contributed by atoms with Crippen molar-refractivity contribution >= 4 is 28.1 Å². The first-order valence-corrected chi connectivity index (χ1v) is 6.55. The summed E-state index contributed by atoms with van der Waals surface area (Å²) in [4.78, 5) is 41.6. The zero-order chi connectivity index (χ0) is 13.4. The van der Waals surface area contributed by atoms with Crippen LogP contribution in [-0.2, 0) is 4.79 Å². The normalized spacial score (nSPS) is 15.6. The van der Waals surface area contributed by atoms with Gasteiger partial charge in [-0.1, -0.05) is 0 Å². The van der Waals surface area contributed by atoms with Crippen LogP contribution in [0.3, 0.4) is 0 Å². The van der Waals surface area contributed by atoms with E-state index in [1.165, 1.54) is 26.8 Å². The summed E-state index contributed by atoms with van der Waals surface area (Å²) in [7, 11) is 0. The Kier molecular flexibility index (Phi) is 2.79. The maximum absolute atomic E-state index is 12.2. The van der Waals surface area contributed by atoms with Crippen LogP contribution in [0.2, 0.25) is 0 Å². The molecule has 98 valence electrons. The largest absolute Gasteiger partial charge is 0.353 e. The summed E-state index contributed by atoms with van der Waals surface area (Å²) >= 11 is 1.32. The molecule has 0 aromatic carbocycles. The zero-order valence-corrected chi connectivity index (χ0v) is 10.6. The SMILES string of the molecule is O=C1CN(C(=O)c2cnc3sccn3c2=O)CCN1. The van der Waals surface area contributed by atoms with Crippen molar-refractivity contribution in [3.05, 3.63) is 33.7 Å². The molecule has 8 heteroatoms. The van der Waals surface area contributed by atoms with E-state index in [1.807, 2.05) is 0 Å². The lowest BCUT2D eigenvalue weighted by molar-refractivity contribution is -0.123. The Hall–Kier alpha value is -2.22. The van der Waals surface area contributed by atoms with Gasteiger partial charge in [-0.25, -0.2) is 4.98 Å². The molecule has 7 nitrogen and oxygen atoms in total. The first kappa shape index (κ1) is 11.8. The van der Waals surface area contributed by atoms with E-state index in [0.29, 0.717) is 18.1 Å². The van der Waals surface area contributed by atoms with Gasteiger partial charge < -0.3 is 10.2 Å². The van der Waals surface area contributed by atoms with Crippen LogP contribution < -0.4 is 10.9 Å². The molecule has 1 N–H and O–H groups in total. The lowest BCUT2D eigenvalue weighted by Crippen LogP contribution is -2.50. The third-order valence-corrected chi connectivity index (χ3v) is 3.67. The average Bonchev–Trinajstić information content (AvgIpc) is 2.88. The van der Waals surface area contributed by atoms with Crippen molar-refractivity contribution in [2.24, 2.45) is 0 Å². The van der Waals surface area contributed by atoms with Gasteiger partial charge in [-0.05, 0) is 0 Å². The lowest BCUT2D eigenvalue weighted by atomic mass is 10.2. The predicted molar refractivity (Wildman–Crippen MR) is 68.3 cm³/mol. The first-order chi connectivity index (χ1) is 9.16. The van der Waals surface area contributed by atoms with Gasteiger partial charge in [-0.15, -0.1) is 11.3 Å². The van der Waals surface area contributed by atoms with Gasteiger partial charge in [0.25, 0.3) is 11.5 Å². The monoisotopic (exact) mass is 278 g/mol. The van der Waals surface area contributed by atoms with Gasteiger partial charge in [-0.2, -0.15) is 0 Å². The molecule has 1 aliphatic heterocycles. The van der Waals surface area contributed by atoms with Crippen LogP contribution in [0, 0.1) is 0 Å². The smallest absolute Gasteiger partial charge is 0.271 e. The van der Waals surface area contributed by atoms with Crippen LogP contribution in [0.5, 0.6) is 0 Å². The maximum atomic E-state index is 12.2. The Bertz CT molecular complexity index is 720. The van der Waals surface area contributed by atoms with E-state index in [2.05, 4.69) is 10.3 Å². The summed E-state index contributed by atoms with van der Waals surface area (Å²) in [5, 5.41) is 4.36. The van der Waals surface area contributed by atoms with E-state index in [9.17, 15) is 14.4 Å². The van der Waals surface area contributed by atoms with Crippen molar-refractivity contribution in [3.8, 4) is 0 Å². The molecule has 0 unspecified atom stereocenters. The highest BCUT2D eigenvalue weighted by Crippen LogP contribution is 2.07. The lowest BCUT2D eigenvalue weighted by Gasteiger charge is -2.26. The van der Waals surface area contributed by atoms with Crippen molar-refractivity contribution in [1.82, 2.24) is 19.6 Å². The van der Waals surface area contributed by atoms with E-state index >= 15 is 0 Å². The minimum Gasteiger partial charge on any atom is -0.353 e. The van der Waals surface area contributed by atoms with Gasteiger partial charge in [0, 0.05) is 30.9 Å². The summed E-state index contributed by atoms with van der Waals surface area (Å²) in [6, 6.07) is 0. The Morgan fingerprint density at radius 2 is 2.26 bits per heavy atom. The van der Waals surface area contributed by atoms with Gasteiger partial charge in [-0.3, -0.25) is 18.8 Å². The molecule has 0 aliphatic carbocycles. The van der Waals surface area contributed by atoms with Crippen molar-refractivity contribution < 1.29 is 9.59 Å². The van der Waals surface area contributed by atoms with Crippen LogP contribution in [-0.4, -0.2) is 45.7 Å². The number of carbonyl (C=O) groups excluding carboxylic acids is 2. The highest BCUT2D eigenvalue weighted by atomic mass is 32.1. The number of hydrogen-bond donors (Lipinski definition) is 1. The summed E-state index contributed by atoms with van der Waals surface area (Å²) in [6.07, 6.45) is 2.86. The summed E-state index contributed by atoms with van der Waals surface area (Å²) in [5.74, 6) is -0.669. The highest BCUT2D eigenvalue weighted by Gasteiger charge is 2.25. The molecule has 1 aliphatic rings. The van der Waals surface area contributed by atoms with Crippen LogP contribution >= 0.6 is 11.3 Å². The van der Waals surface area contributed by atoms with Crippen molar-refractivity contribution in [1.29, 1.82) is 0 Å². The summed E-state index contributed by atoms with van der Waals surface area (Å²) in [6.45, 7) is 0.779. The number of amides is 2. The molecule has 0 spiro atoms. The molecule has 0 bridgehead atoms. The molecule has 2 amide bonds. The van der Waals surface area contributed by atoms with Gasteiger partial charge in [0.15, 0.2) is 4.96 Å². The molecule has 1 fully saturated rings. The van der Waals surface area contributed by atoms with E-state index in [4.69, 9.17) is 0 Å². The molecular weight excluding hydrogens is 268 g/mol. The fraction of sp³-hybridized carbons (Fsp3) is 0.273. The van der Waals surface area contributed by atoms with Crippen molar-refractivity contribution in [3.63, 3.8) is 0 Å². The number of hydrogen-bond acceptors (Lipinski definition) is 5. The topological polar surface area (TPSA) is 83.8 Å². The molecule has 0 saturated carbocycles. The number of rotatable bonds is 1. The number of nitrogens with one attached hydrogen (secondary N) is 1. The van der Waals surface area contributed by atoms with Crippen LogP contribution in [0.4, 0.5) is 0 Å². The Morgan fingerprint density at radius 1 is 1.42 bits per heavy atom. The highest BCUT2D eigenvalue weighted by molar-refractivity contribution is 7.15. The van der Waals surface area contributed by atoms with Crippen LogP contribution in [0.1, 0.15) is 10.4 Å². The quantitative estimate of drug-likeness (QED) is 0.749. The van der Waals surface area contributed by atoms with Crippen molar-refractivity contribution in [2.75, 3.05) is 19.6 Å². The second-order valence-electron chi connectivity index (χ2n) is 4.11. The third kappa shape index (κ3) is 1.99. The second-order valence-corrected chi connectivity index (χ2v) is 4.98. The summed E-state index contributed by atoms with van der Waals surface area (Å²) < 4.78 is 1.34. The van der Waals surface area contributed by atoms with Gasteiger partial charge in [0.1, 0.15) is 5.56 Å². The molecule has 19 heavy (non-hydrogen) atoms. The van der Waals surface area contributed by atoms with E-state index in [-0.39, 0.29) is 18.0 Å². The number of piperazine rings is 1. The predicted octanol–water partition coefficient (Wildman–Crippen LogP) is -0.672. The van der Waals surface area contributed by atoms with Crippen LogP contribution in [0.15, 0.2) is 22.6 Å². The van der Waals surface area contributed by atoms with E-state index in [0.717, 1.165) is 0 Å². The molecule has 2 aromatic heterocycles. The fourth-order valence-corrected chi connectivity index (χ4v) is 2.63. The maximum Gasteiger partial charge on any atom is 0.271 e. The number of carbonyl (C=O) groups is 2. The number of nitrogens with zero attached hydrogens (tertiary/aromatic N) is 3. The molecule has 0 radical (unpaired) electrons. The summed E-state index contributed by atoms with van der Waals surface area (Å²) in [5.41, 5.74) is -0.409. The molecule has 3 rings (SSSR count). The Morgan fingerprint density at radius 3 is 3.05 bits per heavy atom. The molecule has 1 saturated heterocycles. The third-order valence-electron chi connectivity index (χ3n) is 2.90. The molecule has 0 atom stereocenters. The molecule has 3 heterocycles. The average molecular weight is 278 g/mol. The molecular formula is C11H10N4O3S. The van der Waals surface area contributed by atoms with Gasteiger partial charge in [0.2, 0.25) is 5.91 Å². The van der Waals surface area contributed by atoms with Crippen LogP contribution in [0.25, 0.3) is 4.96 Å². The van der Waals surface area contributed by atoms with E-state index < -0.39 is 11.5 Å².